The lowest BCUT2D eigenvalue weighted by Crippen LogP contribution is -2.53. The third-order valence-corrected chi connectivity index (χ3v) is 5.94. The molecule has 3 rings (SSSR count). The second-order valence-electron chi connectivity index (χ2n) is 8.26. The van der Waals surface area contributed by atoms with Crippen LogP contribution in [0.5, 0.6) is 0 Å². The van der Waals surface area contributed by atoms with Crippen molar-refractivity contribution in [1.82, 2.24) is 15.5 Å². The monoisotopic (exact) mass is 415 g/mol. The van der Waals surface area contributed by atoms with E-state index in [2.05, 4.69) is 53.6 Å². The second-order valence-corrected chi connectivity index (χ2v) is 8.26. The van der Waals surface area contributed by atoms with Crippen molar-refractivity contribution in [2.75, 3.05) is 26.2 Å². The molecule has 154 valence electrons. The molecule has 4 nitrogen and oxygen atoms in total. The highest BCUT2D eigenvalue weighted by Crippen LogP contribution is 2.25. The molecule has 0 aromatic heterocycles. The van der Waals surface area contributed by atoms with Gasteiger partial charge in [0, 0.05) is 31.6 Å². The van der Waals surface area contributed by atoms with E-state index in [0.717, 1.165) is 51.5 Å². The van der Waals surface area contributed by atoms with E-state index < -0.39 is 0 Å². The lowest BCUT2D eigenvalue weighted by molar-refractivity contribution is -0.122. The number of carbonyl (C=O) groups excluding carboxylic acids is 1. The summed E-state index contributed by atoms with van der Waals surface area (Å²) in [5, 5.41) is 6.57. The van der Waals surface area contributed by atoms with Gasteiger partial charge in [-0.05, 0) is 69.7 Å². The van der Waals surface area contributed by atoms with Gasteiger partial charge in [-0.1, -0.05) is 24.3 Å². The van der Waals surface area contributed by atoms with E-state index in [4.69, 9.17) is 0 Å². The maximum absolute atomic E-state index is 12.3. The fourth-order valence-electron chi connectivity index (χ4n) is 4.03. The molecule has 0 aliphatic carbocycles. The zero-order chi connectivity index (χ0) is 17.7. The molecule has 2 aliphatic rings. The molecular formula is C21H35Cl2N3O. The summed E-state index contributed by atoms with van der Waals surface area (Å²) in [6.45, 7) is 9.47. The van der Waals surface area contributed by atoms with E-state index in [1.54, 1.807) is 0 Å². The van der Waals surface area contributed by atoms with E-state index >= 15 is 0 Å². The number of nitrogens with zero attached hydrogens (tertiary/aromatic N) is 1. The third-order valence-electron chi connectivity index (χ3n) is 5.94. The van der Waals surface area contributed by atoms with Gasteiger partial charge in [-0.3, -0.25) is 9.69 Å². The predicted molar refractivity (Wildman–Crippen MR) is 117 cm³/mol. The van der Waals surface area contributed by atoms with Gasteiger partial charge in [-0.25, -0.2) is 0 Å². The number of hydrogen-bond acceptors (Lipinski definition) is 3. The van der Waals surface area contributed by atoms with Gasteiger partial charge in [-0.15, -0.1) is 24.8 Å². The largest absolute Gasteiger partial charge is 0.354 e. The Kier molecular flexibility index (Phi) is 10.1. The number of piperidine rings is 1. The van der Waals surface area contributed by atoms with Crippen LogP contribution in [0.25, 0.3) is 0 Å². The smallest absolute Gasteiger partial charge is 0.220 e. The Morgan fingerprint density at radius 1 is 1.19 bits per heavy atom. The Bertz CT molecular complexity index is 589. The van der Waals surface area contributed by atoms with Crippen molar-refractivity contribution < 1.29 is 4.79 Å². The minimum atomic E-state index is -0.0159. The van der Waals surface area contributed by atoms with Crippen LogP contribution in [0.1, 0.15) is 50.7 Å². The molecule has 1 saturated heterocycles. The van der Waals surface area contributed by atoms with Crippen LogP contribution in [0.15, 0.2) is 24.3 Å². The lowest BCUT2D eigenvalue weighted by Gasteiger charge is -2.41. The maximum atomic E-state index is 12.3. The van der Waals surface area contributed by atoms with Crippen LogP contribution in [0, 0.1) is 5.92 Å². The van der Waals surface area contributed by atoms with Crippen LogP contribution >= 0.6 is 24.8 Å². The number of nitrogens with one attached hydrogen (secondary N) is 2. The topological polar surface area (TPSA) is 44.4 Å². The summed E-state index contributed by atoms with van der Waals surface area (Å²) >= 11 is 0. The molecule has 0 radical (unpaired) electrons. The summed E-state index contributed by atoms with van der Waals surface area (Å²) in [7, 11) is 0. The first-order chi connectivity index (χ1) is 12.0. The number of amides is 1. The average Bonchev–Trinajstić information content (AvgIpc) is 2.65. The molecule has 2 N–H and O–H groups in total. The average molecular weight is 416 g/mol. The van der Waals surface area contributed by atoms with Crippen molar-refractivity contribution in [3.8, 4) is 0 Å². The molecule has 1 aromatic rings. The van der Waals surface area contributed by atoms with Gasteiger partial charge in [0.25, 0.3) is 0 Å². The van der Waals surface area contributed by atoms with Crippen molar-refractivity contribution in [1.29, 1.82) is 0 Å². The Morgan fingerprint density at radius 3 is 2.56 bits per heavy atom. The standard InChI is InChI=1S/C21H33N3O.2ClH/c1-21(2,24-14-11-18-5-3-4-6-19(18)15-24)16-23-20(25)8-7-17-9-12-22-13-10-17;;/h3-6,17,22H,7-16H2,1-2H3,(H,23,25);2*1H. The molecule has 2 aliphatic heterocycles. The minimum Gasteiger partial charge on any atom is -0.354 e. The van der Waals surface area contributed by atoms with Gasteiger partial charge >= 0.3 is 0 Å². The van der Waals surface area contributed by atoms with E-state index in [1.165, 1.54) is 24.0 Å². The van der Waals surface area contributed by atoms with Gasteiger partial charge in [0.05, 0.1) is 0 Å². The van der Waals surface area contributed by atoms with Crippen LogP contribution in [-0.4, -0.2) is 42.5 Å². The number of halogens is 2. The molecule has 0 atom stereocenters. The first-order valence-electron chi connectivity index (χ1n) is 9.84. The van der Waals surface area contributed by atoms with Crippen LogP contribution in [0.4, 0.5) is 0 Å². The number of benzene rings is 1. The molecule has 6 heteroatoms. The van der Waals surface area contributed by atoms with Crippen molar-refractivity contribution in [2.45, 2.75) is 58.0 Å². The third kappa shape index (κ3) is 6.94. The summed E-state index contributed by atoms with van der Waals surface area (Å²) in [4.78, 5) is 14.8. The Balaban J connectivity index is 0.00000182. The van der Waals surface area contributed by atoms with Crippen LogP contribution in [0.2, 0.25) is 0 Å². The summed E-state index contributed by atoms with van der Waals surface area (Å²) < 4.78 is 0. The van der Waals surface area contributed by atoms with E-state index in [-0.39, 0.29) is 36.3 Å². The molecule has 1 amide bonds. The van der Waals surface area contributed by atoms with Gasteiger partial charge in [0.1, 0.15) is 0 Å². The highest BCUT2D eigenvalue weighted by molar-refractivity contribution is 5.85. The number of carbonyl (C=O) groups is 1. The van der Waals surface area contributed by atoms with Crippen molar-refractivity contribution in [2.24, 2.45) is 5.92 Å². The van der Waals surface area contributed by atoms with E-state index in [9.17, 15) is 4.79 Å². The van der Waals surface area contributed by atoms with E-state index in [0.29, 0.717) is 6.42 Å². The van der Waals surface area contributed by atoms with Crippen LogP contribution < -0.4 is 10.6 Å². The highest BCUT2D eigenvalue weighted by atomic mass is 35.5. The second kappa shape index (κ2) is 11.3. The Morgan fingerprint density at radius 2 is 1.85 bits per heavy atom. The van der Waals surface area contributed by atoms with E-state index in [1.807, 2.05) is 0 Å². The first-order valence-corrected chi connectivity index (χ1v) is 9.84. The van der Waals surface area contributed by atoms with Gasteiger partial charge in [0.2, 0.25) is 5.91 Å². The predicted octanol–water partition coefficient (Wildman–Crippen LogP) is 3.56. The maximum Gasteiger partial charge on any atom is 0.220 e. The van der Waals surface area contributed by atoms with Crippen molar-refractivity contribution in [3.63, 3.8) is 0 Å². The SMILES string of the molecule is CC(C)(CNC(=O)CCC1CCNCC1)N1CCc2ccccc2C1.Cl.Cl. The molecule has 27 heavy (non-hydrogen) atoms. The zero-order valence-corrected chi connectivity index (χ0v) is 18.3. The molecule has 2 heterocycles. The summed E-state index contributed by atoms with van der Waals surface area (Å²) in [6.07, 6.45) is 5.23. The zero-order valence-electron chi connectivity index (χ0n) is 16.6. The summed E-state index contributed by atoms with van der Waals surface area (Å²) in [5.74, 6) is 0.933. The highest BCUT2D eigenvalue weighted by Gasteiger charge is 2.30. The van der Waals surface area contributed by atoms with Gasteiger partial charge in [0.15, 0.2) is 0 Å². The molecule has 0 unspecified atom stereocenters. The number of hydrogen-bond donors (Lipinski definition) is 2. The van der Waals surface area contributed by atoms with Gasteiger partial charge < -0.3 is 10.6 Å². The quantitative estimate of drug-likeness (QED) is 0.746. The summed E-state index contributed by atoms with van der Waals surface area (Å²) in [6, 6.07) is 8.72. The molecule has 1 fully saturated rings. The Labute approximate surface area is 176 Å². The fraction of sp³-hybridized carbons (Fsp3) is 0.667. The molecule has 0 bridgehead atoms. The number of rotatable bonds is 6. The van der Waals surface area contributed by atoms with Crippen LogP contribution in [0.3, 0.4) is 0 Å². The van der Waals surface area contributed by atoms with Gasteiger partial charge in [-0.2, -0.15) is 0 Å². The normalized spacial score (nSPS) is 18.0. The first kappa shape index (κ1) is 24.2. The van der Waals surface area contributed by atoms with Crippen LogP contribution in [-0.2, 0) is 17.8 Å². The molecular weight excluding hydrogens is 381 g/mol. The molecule has 1 aromatic carbocycles. The van der Waals surface area contributed by atoms with Crippen molar-refractivity contribution in [3.05, 3.63) is 35.4 Å². The van der Waals surface area contributed by atoms with Crippen molar-refractivity contribution >= 4 is 30.7 Å². The Hall–Kier alpha value is -0.810. The molecule has 0 spiro atoms. The molecule has 0 saturated carbocycles. The minimum absolute atomic E-state index is 0. The lowest BCUT2D eigenvalue weighted by atomic mass is 9.92. The summed E-state index contributed by atoms with van der Waals surface area (Å²) in [5.41, 5.74) is 2.89. The number of fused-ring (bicyclic) bond motifs is 1. The fourth-order valence-corrected chi connectivity index (χ4v) is 4.03.